The Kier molecular flexibility index (Phi) is 16.6. The summed E-state index contributed by atoms with van der Waals surface area (Å²) in [6.45, 7) is 6.46. The largest absolute Gasteiger partial charge is 0.507 e. The van der Waals surface area contributed by atoms with E-state index in [4.69, 9.17) is 47.4 Å². The van der Waals surface area contributed by atoms with Gasteiger partial charge in [-0.05, 0) is 0 Å². The zero-order valence-electron chi connectivity index (χ0n) is 34.6. The molecule has 0 unspecified atom stereocenters. The second-order valence-corrected chi connectivity index (χ2v) is 15.9. The predicted octanol–water partition coefficient (Wildman–Crippen LogP) is 1.03. The number of carbonyl (C=O) groups excluding carboxylic acids is 10. The van der Waals surface area contributed by atoms with Crippen molar-refractivity contribution in [3.63, 3.8) is 0 Å². The van der Waals surface area contributed by atoms with Gasteiger partial charge in [0.25, 0.3) is 0 Å². The molecule has 63 heavy (non-hydrogen) atoms. The minimum Gasteiger partial charge on any atom is -0.507 e. The molecule has 2 saturated heterocycles. The fourth-order valence-electron chi connectivity index (χ4n) is 6.54. The summed E-state index contributed by atoms with van der Waals surface area (Å²) in [6.07, 6.45) is -13.5. The summed E-state index contributed by atoms with van der Waals surface area (Å²) in [5.41, 5.74) is -5.36. The van der Waals surface area contributed by atoms with Gasteiger partial charge in [-0.3, -0.25) is 47.9 Å². The summed E-state index contributed by atoms with van der Waals surface area (Å²) < 4.78 is 55.3. The van der Waals surface area contributed by atoms with E-state index in [1.807, 2.05) is 0 Å². The quantitative estimate of drug-likeness (QED) is 0.101. The number of Topliss-reactive ketones (excluding diaryl/α,β-unsaturated/α-hetero) is 2. The molecule has 25 heteroatoms. The summed E-state index contributed by atoms with van der Waals surface area (Å²) in [7, 11) is 0. The molecule has 10 atom stereocenters. The van der Waals surface area contributed by atoms with Gasteiger partial charge in [0.2, 0.25) is 11.6 Å². The Bertz CT molecular complexity index is 2100. The number of carbonyl (C=O) groups is 10. The Labute approximate surface area is 365 Å². The fraction of sp³-hybridized carbons (Fsp3) is 0.526. The van der Waals surface area contributed by atoms with Gasteiger partial charge in [0.05, 0.1) is 20.9 Å². The normalized spacial score (nSPS) is 26.6. The first-order chi connectivity index (χ1) is 29.4. The van der Waals surface area contributed by atoms with Crippen LogP contribution in [0.3, 0.4) is 0 Å². The van der Waals surface area contributed by atoms with Gasteiger partial charge < -0.3 is 62.7 Å². The highest BCUT2D eigenvalue weighted by Crippen LogP contribution is 2.51. The van der Waals surface area contributed by atoms with Crippen LogP contribution >= 0.6 is 23.5 Å². The molecule has 3 aliphatic rings. The highest BCUT2D eigenvalue weighted by molar-refractivity contribution is 8.08. The van der Waals surface area contributed by atoms with Gasteiger partial charge in [-0.1, -0.05) is 23.5 Å². The average Bonchev–Trinajstić information content (AvgIpc) is 3.15. The van der Waals surface area contributed by atoms with Gasteiger partial charge in [0.15, 0.2) is 48.1 Å². The number of hydrogen-bond donors (Lipinski definition) is 3. The lowest BCUT2D eigenvalue weighted by Gasteiger charge is -2.45. The summed E-state index contributed by atoms with van der Waals surface area (Å²) in [4.78, 5) is 126. The van der Waals surface area contributed by atoms with Crippen LogP contribution < -0.4 is 0 Å². The Morgan fingerprint density at radius 1 is 0.476 bits per heavy atom. The van der Waals surface area contributed by atoms with Gasteiger partial charge in [0.1, 0.15) is 42.0 Å². The van der Waals surface area contributed by atoms with Crippen molar-refractivity contribution in [2.45, 2.75) is 115 Å². The number of aromatic hydroxyl groups is 3. The number of rotatable bonds is 14. The summed E-state index contributed by atoms with van der Waals surface area (Å²) >= 11 is 0.576. The Hall–Kier alpha value is -5.92. The molecule has 2 fully saturated rings. The third kappa shape index (κ3) is 12.2. The molecule has 0 bridgehead atoms. The molecule has 0 saturated carbocycles. The molecule has 344 valence electrons. The summed E-state index contributed by atoms with van der Waals surface area (Å²) in [5.74, 6) is -13.4. The molecule has 1 aromatic carbocycles. The van der Waals surface area contributed by atoms with Crippen LogP contribution in [0.2, 0.25) is 0 Å². The molecule has 3 N–H and O–H groups in total. The average molecular weight is 931 g/mol. The number of phenolic OH excluding ortho intramolecular Hbond substituents is 3. The number of thioether (sulfide) groups is 2. The van der Waals surface area contributed by atoms with Gasteiger partial charge in [-0.15, -0.1) is 0 Å². The standard InChI is InChI=1S/C38H42O23S2/c1-12(39)52-10-22-29(54-14(3)41)31(56-16(5)43)33(58-18(7)45)37(60-22)62-35-27(50)24-20(47)9-21(48)26(49)25(24)28(51)36(35)63-38-34(59-19(8)46)32(57-17(6)44)30(55-15(4)42)23(61-38)11-53-13(2)40/h9,22-23,29-34,37-38,47-49H,10-11H2,1-8H3/t22-,23-,29-,30-,31+,32+,33-,34-,37+,38+/m1/s1. The van der Waals surface area contributed by atoms with Crippen LogP contribution in [0.15, 0.2) is 15.9 Å². The van der Waals surface area contributed by atoms with E-state index in [1.54, 1.807) is 0 Å². The Morgan fingerprint density at radius 3 is 1.13 bits per heavy atom. The number of allylic oxidation sites excluding steroid dienone is 2. The maximum Gasteiger partial charge on any atom is 0.303 e. The van der Waals surface area contributed by atoms with Crippen molar-refractivity contribution < 1.29 is 111 Å². The molecular weight excluding hydrogens is 889 g/mol. The number of esters is 8. The first-order valence-corrected chi connectivity index (χ1v) is 20.2. The van der Waals surface area contributed by atoms with Crippen molar-refractivity contribution in [1.82, 2.24) is 0 Å². The van der Waals surface area contributed by atoms with Crippen LogP contribution in [0.4, 0.5) is 0 Å². The van der Waals surface area contributed by atoms with Crippen molar-refractivity contribution in [2.24, 2.45) is 0 Å². The topological polar surface area (TPSA) is 324 Å². The third-order valence-corrected chi connectivity index (χ3v) is 11.3. The smallest absolute Gasteiger partial charge is 0.303 e. The molecule has 2 aliphatic heterocycles. The fourth-order valence-corrected chi connectivity index (χ4v) is 9.20. The summed E-state index contributed by atoms with van der Waals surface area (Å²) in [6, 6.07) is 0.563. The number of fused-ring (bicyclic) bond motifs is 1. The molecule has 1 aromatic rings. The molecule has 0 spiro atoms. The first kappa shape index (κ1) is 49.7. The minimum absolute atomic E-state index is 0.279. The van der Waals surface area contributed by atoms with Crippen LogP contribution in [0, 0.1) is 0 Å². The first-order valence-electron chi connectivity index (χ1n) is 18.5. The van der Waals surface area contributed by atoms with Crippen molar-refractivity contribution in [3.05, 3.63) is 27.0 Å². The zero-order valence-corrected chi connectivity index (χ0v) is 36.2. The number of hydrogen-bond acceptors (Lipinski definition) is 25. The van der Waals surface area contributed by atoms with E-state index >= 15 is 0 Å². The number of ketones is 2. The van der Waals surface area contributed by atoms with Crippen LogP contribution in [-0.4, -0.2) is 148 Å². The van der Waals surface area contributed by atoms with Crippen LogP contribution in [-0.2, 0) is 85.7 Å². The molecular formula is C38H42O23S2. The van der Waals surface area contributed by atoms with Crippen LogP contribution in [0.5, 0.6) is 17.2 Å². The summed E-state index contributed by atoms with van der Waals surface area (Å²) in [5, 5.41) is 32.3. The monoisotopic (exact) mass is 930 g/mol. The zero-order chi connectivity index (χ0) is 47.2. The second kappa shape index (κ2) is 21.0. The number of benzene rings is 1. The maximum absolute atomic E-state index is 14.7. The van der Waals surface area contributed by atoms with Gasteiger partial charge in [-0.25, -0.2) is 0 Å². The second-order valence-electron chi connectivity index (χ2n) is 13.7. The Morgan fingerprint density at radius 2 is 0.794 bits per heavy atom. The third-order valence-electron chi connectivity index (χ3n) is 8.70. The highest BCUT2D eigenvalue weighted by Gasteiger charge is 2.56. The van der Waals surface area contributed by atoms with E-state index < -0.39 is 170 Å². The minimum atomic E-state index is -1.82. The van der Waals surface area contributed by atoms with E-state index in [0.29, 0.717) is 17.8 Å². The van der Waals surface area contributed by atoms with Gasteiger partial charge in [0, 0.05) is 61.5 Å². The van der Waals surface area contributed by atoms with Gasteiger partial charge in [-0.2, -0.15) is 0 Å². The predicted molar refractivity (Wildman–Crippen MR) is 206 cm³/mol. The molecule has 4 rings (SSSR count). The van der Waals surface area contributed by atoms with Crippen molar-refractivity contribution in [3.8, 4) is 17.2 Å². The maximum atomic E-state index is 14.7. The van der Waals surface area contributed by atoms with Crippen molar-refractivity contribution >= 4 is 82.8 Å². The van der Waals surface area contributed by atoms with Crippen LogP contribution in [0.1, 0.15) is 76.1 Å². The Balaban J connectivity index is 2.01. The lowest BCUT2D eigenvalue weighted by molar-refractivity contribution is -0.237. The van der Waals surface area contributed by atoms with Gasteiger partial charge >= 0.3 is 47.8 Å². The van der Waals surface area contributed by atoms with Crippen LogP contribution in [0.25, 0.3) is 0 Å². The van der Waals surface area contributed by atoms with Crippen molar-refractivity contribution in [1.29, 1.82) is 0 Å². The number of phenols is 3. The molecule has 2 heterocycles. The lowest BCUT2D eigenvalue weighted by Crippen LogP contribution is -2.61. The SMILES string of the molecule is CC(=O)OC[C@H]1O[C@@H](SC2=C(S[C@@H]3O[C@H](COC(C)=O)[C@@H](OC(C)=O)[C@H](OC(C)=O)[C@H]3OC(C)=O)C(=O)c3c(O)c(O)cc(O)c3C2=O)[C@H](OC(C)=O)[C@@H](OC(C)=O)[C@@H]1OC(C)=O. The van der Waals surface area contributed by atoms with E-state index in [1.165, 1.54) is 0 Å². The number of ether oxygens (including phenoxy) is 10. The van der Waals surface area contributed by atoms with E-state index in [-0.39, 0.29) is 11.8 Å². The molecule has 1 aliphatic carbocycles. The van der Waals surface area contributed by atoms with E-state index in [0.717, 1.165) is 55.4 Å². The molecule has 0 aromatic heterocycles. The molecule has 0 amide bonds. The lowest BCUT2D eigenvalue weighted by atomic mass is 9.92. The van der Waals surface area contributed by atoms with Crippen molar-refractivity contribution in [2.75, 3.05) is 13.2 Å². The molecule has 0 radical (unpaired) electrons. The van der Waals surface area contributed by atoms with E-state index in [2.05, 4.69) is 0 Å². The highest BCUT2D eigenvalue weighted by atomic mass is 32.2. The van der Waals surface area contributed by atoms with E-state index in [9.17, 15) is 63.3 Å². The molecule has 23 nitrogen and oxygen atoms in total.